The molecule has 0 spiro atoms. The molecule has 0 bridgehead atoms. The van der Waals surface area contributed by atoms with E-state index in [0.717, 1.165) is 11.0 Å². The second-order valence-electron chi connectivity index (χ2n) is 3.48. The molecule has 1 aliphatic rings. The molecule has 1 aromatic rings. The summed E-state index contributed by atoms with van der Waals surface area (Å²) in [5, 5.41) is 18.1. The monoisotopic (exact) mass is 237 g/mol. The number of carbonyl (C=O) groups is 2. The van der Waals surface area contributed by atoms with E-state index < -0.39 is 29.0 Å². The van der Waals surface area contributed by atoms with Gasteiger partial charge in [0.2, 0.25) is 0 Å². The van der Waals surface area contributed by atoms with Gasteiger partial charge in [-0.1, -0.05) is 12.1 Å². The van der Waals surface area contributed by atoms with Crippen LogP contribution in [0.4, 0.5) is 10.1 Å². The van der Waals surface area contributed by atoms with E-state index in [-0.39, 0.29) is 12.2 Å². The van der Waals surface area contributed by atoms with Crippen LogP contribution in [0.3, 0.4) is 0 Å². The summed E-state index contributed by atoms with van der Waals surface area (Å²) < 4.78 is 13.4. The third-order valence-electron chi connectivity index (χ3n) is 2.45. The fourth-order valence-corrected chi connectivity index (χ4v) is 1.60. The SMILES string of the molecule is O=C(O)C1=C(O)C(=O)N(c2ccccc2F)C1. The second-order valence-corrected chi connectivity index (χ2v) is 3.48. The summed E-state index contributed by atoms with van der Waals surface area (Å²) in [7, 11) is 0. The average Bonchev–Trinajstić information content (AvgIpc) is 2.57. The quantitative estimate of drug-likeness (QED) is 0.806. The van der Waals surface area contributed by atoms with E-state index >= 15 is 0 Å². The van der Waals surface area contributed by atoms with Gasteiger partial charge in [0.25, 0.3) is 5.91 Å². The number of rotatable bonds is 2. The highest BCUT2D eigenvalue weighted by molar-refractivity contribution is 6.13. The van der Waals surface area contributed by atoms with Crippen molar-refractivity contribution in [3.8, 4) is 0 Å². The molecule has 6 heteroatoms. The van der Waals surface area contributed by atoms with Crippen LogP contribution in [0, 0.1) is 5.82 Å². The Hall–Kier alpha value is -2.37. The van der Waals surface area contributed by atoms with Crippen LogP contribution in [0.2, 0.25) is 0 Å². The first-order valence-electron chi connectivity index (χ1n) is 4.74. The number of aliphatic hydroxyl groups is 1. The summed E-state index contributed by atoms with van der Waals surface area (Å²) in [6, 6.07) is 5.45. The van der Waals surface area contributed by atoms with Gasteiger partial charge in [-0.15, -0.1) is 0 Å². The molecule has 17 heavy (non-hydrogen) atoms. The molecular formula is C11H8FNO4. The van der Waals surface area contributed by atoms with Gasteiger partial charge in [0.05, 0.1) is 12.2 Å². The lowest BCUT2D eigenvalue weighted by atomic mass is 10.2. The largest absolute Gasteiger partial charge is 0.503 e. The Labute approximate surface area is 95.4 Å². The Kier molecular flexibility index (Phi) is 2.55. The highest BCUT2D eigenvalue weighted by Gasteiger charge is 2.35. The van der Waals surface area contributed by atoms with Crippen molar-refractivity contribution in [1.82, 2.24) is 0 Å². The number of hydrogen-bond acceptors (Lipinski definition) is 3. The number of aliphatic hydroxyl groups excluding tert-OH is 1. The average molecular weight is 237 g/mol. The van der Waals surface area contributed by atoms with Crippen molar-refractivity contribution >= 4 is 17.6 Å². The first-order valence-corrected chi connectivity index (χ1v) is 4.74. The van der Waals surface area contributed by atoms with E-state index in [0.29, 0.717) is 0 Å². The van der Waals surface area contributed by atoms with Crippen molar-refractivity contribution in [2.45, 2.75) is 0 Å². The van der Waals surface area contributed by atoms with E-state index in [1.54, 1.807) is 0 Å². The number of benzene rings is 1. The predicted octanol–water partition coefficient (Wildman–Crippen LogP) is 1.07. The molecule has 0 fully saturated rings. The number of carbonyl (C=O) groups excluding carboxylic acids is 1. The van der Waals surface area contributed by atoms with Gasteiger partial charge in [0, 0.05) is 0 Å². The van der Waals surface area contributed by atoms with Gasteiger partial charge in [-0.2, -0.15) is 0 Å². The van der Waals surface area contributed by atoms with Crippen LogP contribution in [0.25, 0.3) is 0 Å². The van der Waals surface area contributed by atoms with E-state index in [4.69, 9.17) is 5.11 Å². The molecule has 88 valence electrons. The van der Waals surface area contributed by atoms with Crippen molar-refractivity contribution in [2.75, 3.05) is 11.4 Å². The summed E-state index contributed by atoms with van der Waals surface area (Å²) in [5.41, 5.74) is -0.487. The molecule has 1 amide bonds. The number of halogens is 1. The minimum atomic E-state index is -1.39. The summed E-state index contributed by atoms with van der Waals surface area (Å²) in [4.78, 5) is 23.2. The van der Waals surface area contributed by atoms with E-state index in [1.807, 2.05) is 0 Å². The predicted molar refractivity (Wildman–Crippen MR) is 56.0 cm³/mol. The molecule has 1 heterocycles. The van der Waals surface area contributed by atoms with E-state index in [2.05, 4.69) is 0 Å². The van der Waals surface area contributed by atoms with Gasteiger partial charge in [0.15, 0.2) is 5.76 Å². The molecule has 2 rings (SSSR count). The maximum atomic E-state index is 13.4. The van der Waals surface area contributed by atoms with Crippen LogP contribution in [0.15, 0.2) is 35.6 Å². The Balaban J connectivity index is 2.38. The van der Waals surface area contributed by atoms with Crippen LogP contribution < -0.4 is 4.90 Å². The van der Waals surface area contributed by atoms with Crippen LogP contribution >= 0.6 is 0 Å². The van der Waals surface area contributed by atoms with Crippen LogP contribution in [-0.4, -0.2) is 28.6 Å². The van der Waals surface area contributed by atoms with Crippen LogP contribution in [0.1, 0.15) is 0 Å². The highest BCUT2D eigenvalue weighted by atomic mass is 19.1. The first-order chi connectivity index (χ1) is 8.02. The lowest BCUT2D eigenvalue weighted by Gasteiger charge is -2.16. The molecular weight excluding hydrogens is 229 g/mol. The number of hydrogen-bond donors (Lipinski definition) is 2. The smallest absolute Gasteiger partial charge is 0.337 e. The molecule has 1 aliphatic heterocycles. The van der Waals surface area contributed by atoms with Crippen molar-refractivity contribution in [3.05, 3.63) is 41.4 Å². The number of carboxylic acid groups (broad SMARTS) is 1. The Bertz CT molecular complexity index is 538. The third-order valence-corrected chi connectivity index (χ3v) is 2.45. The number of nitrogens with zero attached hydrogens (tertiary/aromatic N) is 1. The molecule has 0 saturated heterocycles. The maximum absolute atomic E-state index is 13.4. The maximum Gasteiger partial charge on any atom is 0.337 e. The molecule has 0 aliphatic carbocycles. The van der Waals surface area contributed by atoms with E-state index in [1.165, 1.54) is 18.2 Å². The Morgan fingerprint density at radius 3 is 2.53 bits per heavy atom. The minimum absolute atomic E-state index is 0.0553. The Morgan fingerprint density at radius 2 is 2.00 bits per heavy atom. The number of carboxylic acids is 1. The summed E-state index contributed by atoms with van der Waals surface area (Å²) in [6.07, 6.45) is 0. The zero-order chi connectivity index (χ0) is 12.6. The lowest BCUT2D eigenvalue weighted by molar-refractivity contribution is -0.133. The van der Waals surface area contributed by atoms with Crippen molar-refractivity contribution in [3.63, 3.8) is 0 Å². The van der Waals surface area contributed by atoms with E-state index in [9.17, 15) is 19.1 Å². The van der Waals surface area contributed by atoms with Crippen molar-refractivity contribution < 1.29 is 24.2 Å². The molecule has 2 N–H and O–H groups in total. The molecule has 0 atom stereocenters. The van der Waals surface area contributed by atoms with Crippen molar-refractivity contribution in [1.29, 1.82) is 0 Å². The number of anilines is 1. The van der Waals surface area contributed by atoms with Gasteiger partial charge in [-0.3, -0.25) is 9.69 Å². The molecule has 0 saturated carbocycles. The Morgan fingerprint density at radius 1 is 1.35 bits per heavy atom. The molecule has 0 radical (unpaired) electrons. The highest BCUT2D eigenvalue weighted by Crippen LogP contribution is 2.26. The second kappa shape index (κ2) is 3.89. The zero-order valence-corrected chi connectivity index (χ0v) is 8.55. The third kappa shape index (κ3) is 1.73. The molecule has 0 aromatic heterocycles. The number of aliphatic carboxylic acids is 1. The topological polar surface area (TPSA) is 77.8 Å². The zero-order valence-electron chi connectivity index (χ0n) is 8.55. The lowest BCUT2D eigenvalue weighted by Crippen LogP contribution is -2.28. The van der Waals surface area contributed by atoms with Gasteiger partial charge >= 0.3 is 5.97 Å². The first kappa shape index (κ1) is 11.1. The van der Waals surface area contributed by atoms with Crippen LogP contribution in [-0.2, 0) is 9.59 Å². The van der Waals surface area contributed by atoms with Gasteiger partial charge in [-0.05, 0) is 12.1 Å². The summed E-state index contributed by atoms with van der Waals surface area (Å²) in [5.74, 6) is -3.80. The molecule has 1 aromatic carbocycles. The molecule has 0 unspecified atom stereocenters. The van der Waals surface area contributed by atoms with Crippen LogP contribution in [0.5, 0.6) is 0 Å². The summed E-state index contributed by atoms with van der Waals surface area (Å²) >= 11 is 0. The van der Waals surface area contributed by atoms with Crippen molar-refractivity contribution in [2.24, 2.45) is 0 Å². The minimum Gasteiger partial charge on any atom is -0.503 e. The van der Waals surface area contributed by atoms with Gasteiger partial charge in [0.1, 0.15) is 11.4 Å². The standard InChI is InChI=1S/C11H8FNO4/c12-7-3-1-2-4-8(7)13-5-6(11(16)17)9(14)10(13)15/h1-4,14H,5H2,(H,16,17). The summed E-state index contributed by atoms with van der Waals surface area (Å²) in [6.45, 7) is -0.346. The molecule has 5 nitrogen and oxygen atoms in total. The fraction of sp³-hybridized carbons (Fsp3) is 0.0909. The van der Waals surface area contributed by atoms with Gasteiger partial charge < -0.3 is 10.2 Å². The normalized spacial score (nSPS) is 15.6. The van der Waals surface area contributed by atoms with Gasteiger partial charge in [-0.25, -0.2) is 9.18 Å². The number of para-hydroxylation sites is 1. The fourth-order valence-electron chi connectivity index (χ4n) is 1.60. The number of amides is 1.